The van der Waals surface area contributed by atoms with E-state index in [1.165, 1.54) is 24.8 Å². The summed E-state index contributed by atoms with van der Waals surface area (Å²) in [6.07, 6.45) is 8.51. The second-order valence-corrected chi connectivity index (χ2v) is 7.56. The van der Waals surface area contributed by atoms with Crippen molar-refractivity contribution in [2.24, 2.45) is 4.99 Å². The number of furan rings is 1. The average Bonchev–Trinajstić information content (AvgIpc) is 3.32. The van der Waals surface area contributed by atoms with Crippen LogP contribution in [0.4, 0.5) is 0 Å². The zero-order valence-electron chi connectivity index (χ0n) is 15.2. The van der Waals surface area contributed by atoms with Crippen molar-refractivity contribution in [2.75, 3.05) is 12.8 Å². The first kappa shape index (κ1) is 21.2. The highest BCUT2D eigenvalue weighted by Gasteiger charge is 2.24. The monoisotopic (exact) mass is 485 g/mol. The summed E-state index contributed by atoms with van der Waals surface area (Å²) in [4.78, 5) is 4.78. The molecule has 0 bridgehead atoms. The van der Waals surface area contributed by atoms with E-state index in [1.807, 2.05) is 30.0 Å². The number of thioether (sulfide) groups is 1. The molecule has 2 unspecified atom stereocenters. The molecule has 0 aliphatic heterocycles. The van der Waals surface area contributed by atoms with E-state index in [1.54, 1.807) is 6.26 Å². The van der Waals surface area contributed by atoms with E-state index >= 15 is 0 Å². The molecule has 0 spiro atoms. The van der Waals surface area contributed by atoms with Crippen LogP contribution in [0.3, 0.4) is 0 Å². The third-order valence-electron chi connectivity index (χ3n) is 4.57. The lowest BCUT2D eigenvalue weighted by molar-refractivity contribution is 0.506. The fourth-order valence-corrected chi connectivity index (χ4v) is 3.94. The van der Waals surface area contributed by atoms with Crippen LogP contribution in [0, 0.1) is 0 Å². The number of aliphatic imine (C=N–C) groups is 1. The molecule has 3 rings (SSSR count). The standard InChI is InChI=1S/C20H27N3OS.HI/c1-25-19-10-9-17(14-19)23-20(21-12-11-18-8-5-13-24-18)22-15-16-6-3-2-4-7-16;/h2-8,13,17,19H,9-12,14-15H2,1H3,(H2,21,22,23);1H. The molecule has 2 atom stereocenters. The number of nitrogens with zero attached hydrogens (tertiary/aromatic N) is 1. The van der Waals surface area contributed by atoms with Crippen molar-refractivity contribution in [3.63, 3.8) is 0 Å². The zero-order valence-corrected chi connectivity index (χ0v) is 18.3. The summed E-state index contributed by atoms with van der Waals surface area (Å²) < 4.78 is 5.40. The van der Waals surface area contributed by atoms with Crippen LogP contribution < -0.4 is 10.6 Å². The van der Waals surface area contributed by atoms with Gasteiger partial charge in [-0.1, -0.05) is 30.3 Å². The number of halogens is 1. The average molecular weight is 485 g/mol. The topological polar surface area (TPSA) is 49.6 Å². The number of hydrogen-bond acceptors (Lipinski definition) is 3. The molecule has 1 fully saturated rings. The maximum Gasteiger partial charge on any atom is 0.191 e. The third-order valence-corrected chi connectivity index (χ3v) is 5.66. The van der Waals surface area contributed by atoms with Gasteiger partial charge in [0.25, 0.3) is 0 Å². The first-order chi connectivity index (χ1) is 12.3. The van der Waals surface area contributed by atoms with Crippen LogP contribution in [0.1, 0.15) is 30.6 Å². The van der Waals surface area contributed by atoms with Gasteiger partial charge in [-0.15, -0.1) is 24.0 Å². The summed E-state index contributed by atoms with van der Waals surface area (Å²) in [7, 11) is 0. The van der Waals surface area contributed by atoms with Gasteiger partial charge in [0, 0.05) is 24.3 Å². The molecule has 0 amide bonds. The molecule has 0 saturated heterocycles. The molecule has 2 N–H and O–H groups in total. The molecule has 1 saturated carbocycles. The highest BCUT2D eigenvalue weighted by Crippen LogP contribution is 2.28. The Morgan fingerprint density at radius 1 is 1.19 bits per heavy atom. The van der Waals surface area contributed by atoms with Crippen LogP contribution >= 0.6 is 35.7 Å². The molecule has 142 valence electrons. The lowest BCUT2D eigenvalue weighted by Gasteiger charge is -2.18. The van der Waals surface area contributed by atoms with Crippen LogP contribution in [-0.4, -0.2) is 30.1 Å². The van der Waals surface area contributed by atoms with Crippen LogP contribution in [-0.2, 0) is 13.0 Å². The van der Waals surface area contributed by atoms with Crippen molar-refractivity contribution in [3.05, 3.63) is 60.1 Å². The van der Waals surface area contributed by atoms with Crippen molar-refractivity contribution in [1.29, 1.82) is 0 Å². The Bertz CT molecular complexity index is 648. The number of nitrogens with one attached hydrogen (secondary N) is 2. The smallest absolute Gasteiger partial charge is 0.191 e. The second kappa shape index (κ2) is 11.5. The minimum absolute atomic E-state index is 0. The van der Waals surface area contributed by atoms with Crippen molar-refractivity contribution in [1.82, 2.24) is 10.6 Å². The van der Waals surface area contributed by atoms with Crippen LogP contribution in [0.25, 0.3) is 0 Å². The highest BCUT2D eigenvalue weighted by atomic mass is 127. The van der Waals surface area contributed by atoms with Gasteiger partial charge in [0.2, 0.25) is 0 Å². The van der Waals surface area contributed by atoms with Crippen molar-refractivity contribution in [2.45, 2.75) is 43.5 Å². The van der Waals surface area contributed by atoms with Crippen LogP contribution in [0.2, 0.25) is 0 Å². The molecule has 0 radical (unpaired) electrons. The molecule has 26 heavy (non-hydrogen) atoms. The Morgan fingerprint density at radius 2 is 2.04 bits per heavy atom. The maximum absolute atomic E-state index is 5.40. The van der Waals surface area contributed by atoms with E-state index in [9.17, 15) is 0 Å². The maximum atomic E-state index is 5.40. The Balaban J connectivity index is 0.00000243. The number of hydrogen-bond donors (Lipinski definition) is 2. The lowest BCUT2D eigenvalue weighted by atomic mass is 10.2. The molecular weight excluding hydrogens is 457 g/mol. The Hall–Kier alpha value is -1.15. The lowest BCUT2D eigenvalue weighted by Crippen LogP contribution is -2.43. The van der Waals surface area contributed by atoms with E-state index in [0.717, 1.165) is 29.9 Å². The zero-order chi connectivity index (χ0) is 17.3. The summed E-state index contributed by atoms with van der Waals surface area (Å²) in [5.74, 6) is 1.90. The normalized spacial score (nSPS) is 19.8. The first-order valence-electron chi connectivity index (χ1n) is 8.97. The van der Waals surface area contributed by atoms with Gasteiger partial charge in [-0.3, -0.25) is 0 Å². The van der Waals surface area contributed by atoms with Gasteiger partial charge in [-0.2, -0.15) is 11.8 Å². The summed E-state index contributed by atoms with van der Waals surface area (Å²) >= 11 is 1.98. The second-order valence-electron chi connectivity index (χ2n) is 6.42. The molecule has 1 aromatic heterocycles. The highest BCUT2D eigenvalue weighted by molar-refractivity contribution is 14.0. The predicted molar refractivity (Wildman–Crippen MR) is 121 cm³/mol. The number of guanidine groups is 1. The summed E-state index contributed by atoms with van der Waals surface area (Å²) in [6, 6.07) is 14.8. The van der Waals surface area contributed by atoms with E-state index in [0.29, 0.717) is 12.6 Å². The molecule has 1 heterocycles. The minimum atomic E-state index is 0. The predicted octanol–water partition coefficient (Wildman–Crippen LogP) is 4.46. The summed E-state index contributed by atoms with van der Waals surface area (Å²) in [6.45, 7) is 1.50. The summed E-state index contributed by atoms with van der Waals surface area (Å²) in [5, 5.41) is 7.86. The molecule has 1 aromatic carbocycles. The van der Waals surface area contributed by atoms with Crippen molar-refractivity contribution >= 4 is 41.7 Å². The molecule has 1 aliphatic rings. The Morgan fingerprint density at radius 3 is 2.73 bits per heavy atom. The van der Waals surface area contributed by atoms with E-state index < -0.39 is 0 Å². The van der Waals surface area contributed by atoms with Gasteiger partial charge in [-0.25, -0.2) is 4.99 Å². The fraction of sp³-hybridized carbons (Fsp3) is 0.450. The van der Waals surface area contributed by atoms with Gasteiger partial charge in [0.1, 0.15) is 5.76 Å². The van der Waals surface area contributed by atoms with Crippen molar-refractivity contribution < 1.29 is 4.42 Å². The van der Waals surface area contributed by atoms with Gasteiger partial charge in [-0.05, 0) is 43.2 Å². The molecular formula is C20H28IN3OS. The van der Waals surface area contributed by atoms with Gasteiger partial charge in [0.05, 0.1) is 12.8 Å². The molecule has 1 aliphatic carbocycles. The first-order valence-corrected chi connectivity index (χ1v) is 10.3. The van der Waals surface area contributed by atoms with Gasteiger partial charge in [0.15, 0.2) is 5.96 Å². The van der Waals surface area contributed by atoms with E-state index in [4.69, 9.17) is 9.41 Å². The van der Waals surface area contributed by atoms with Gasteiger partial charge < -0.3 is 15.1 Å². The number of rotatable bonds is 7. The molecule has 2 aromatic rings. The van der Waals surface area contributed by atoms with Crippen molar-refractivity contribution in [3.8, 4) is 0 Å². The SMILES string of the molecule is CSC1CCC(NC(=NCc2ccccc2)NCCc2ccco2)C1.I. The fourth-order valence-electron chi connectivity index (χ4n) is 3.14. The molecule has 4 nitrogen and oxygen atoms in total. The number of benzene rings is 1. The van der Waals surface area contributed by atoms with Crippen LogP contribution in [0.5, 0.6) is 0 Å². The van der Waals surface area contributed by atoms with Gasteiger partial charge >= 0.3 is 0 Å². The van der Waals surface area contributed by atoms with E-state index in [-0.39, 0.29) is 24.0 Å². The Labute approximate surface area is 177 Å². The third kappa shape index (κ3) is 6.87. The quantitative estimate of drug-likeness (QED) is 0.346. The van der Waals surface area contributed by atoms with E-state index in [2.05, 4.69) is 41.2 Å². The minimum Gasteiger partial charge on any atom is -0.469 e. The molecule has 6 heteroatoms. The Kier molecular flexibility index (Phi) is 9.39. The summed E-state index contributed by atoms with van der Waals surface area (Å²) in [5.41, 5.74) is 1.23. The largest absolute Gasteiger partial charge is 0.469 e. The van der Waals surface area contributed by atoms with Crippen LogP contribution in [0.15, 0.2) is 58.1 Å².